The SMILES string of the molecule is C[C@H](Cn1cccn1)NC(=O)Cc1nonc1N. The molecule has 2 aromatic rings. The Morgan fingerprint density at radius 2 is 2.44 bits per heavy atom. The van der Waals surface area contributed by atoms with E-state index in [0.717, 1.165) is 0 Å². The maximum atomic E-state index is 11.7. The fourth-order valence-corrected chi connectivity index (χ4v) is 1.55. The number of nitrogens with zero attached hydrogens (tertiary/aromatic N) is 4. The van der Waals surface area contributed by atoms with Crippen LogP contribution in [-0.2, 0) is 17.8 Å². The van der Waals surface area contributed by atoms with Crippen LogP contribution in [0.2, 0.25) is 0 Å². The Bertz CT molecular complexity index is 506. The number of anilines is 1. The molecule has 96 valence electrons. The molecule has 1 atom stereocenters. The van der Waals surface area contributed by atoms with Crippen LogP contribution in [0.5, 0.6) is 0 Å². The predicted octanol–water partition coefficient (Wildman–Crippen LogP) is -0.404. The molecule has 0 aromatic carbocycles. The standard InChI is InChI=1S/C10H14N6O2/c1-7(6-16-4-2-3-12-16)13-9(17)5-8-10(11)15-18-14-8/h2-4,7H,5-6H2,1H3,(H2,11,15)(H,13,17)/t7-/m1/s1. The molecule has 0 unspecified atom stereocenters. The lowest BCUT2D eigenvalue weighted by molar-refractivity contribution is -0.121. The number of nitrogens with one attached hydrogen (secondary N) is 1. The summed E-state index contributed by atoms with van der Waals surface area (Å²) in [5.41, 5.74) is 5.81. The number of hydrogen-bond acceptors (Lipinski definition) is 6. The third-order valence-corrected chi connectivity index (χ3v) is 2.34. The zero-order valence-corrected chi connectivity index (χ0v) is 9.91. The summed E-state index contributed by atoms with van der Waals surface area (Å²) in [6, 6.07) is 1.79. The van der Waals surface area contributed by atoms with Crippen molar-refractivity contribution in [3.63, 3.8) is 0 Å². The maximum Gasteiger partial charge on any atom is 0.226 e. The van der Waals surface area contributed by atoms with Gasteiger partial charge in [-0.3, -0.25) is 9.48 Å². The molecule has 0 aliphatic heterocycles. The van der Waals surface area contributed by atoms with Gasteiger partial charge in [0, 0.05) is 18.4 Å². The van der Waals surface area contributed by atoms with Crippen molar-refractivity contribution in [3.05, 3.63) is 24.2 Å². The van der Waals surface area contributed by atoms with E-state index in [2.05, 4.69) is 25.4 Å². The van der Waals surface area contributed by atoms with E-state index in [9.17, 15) is 4.79 Å². The van der Waals surface area contributed by atoms with Crippen molar-refractivity contribution in [1.82, 2.24) is 25.4 Å². The highest BCUT2D eigenvalue weighted by molar-refractivity contribution is 5.79. The molecule has 8 nitrogen and oxygen atoms in total. The van der Waals surface area contributed by atoms with Gasteiger partial charge in [0.1, 0.15) is 5.69 Å². The molecule has 2 rings (SSSR count). The van der Waals surface area contributed by atoms with E-state index in [1.807, 2.05) is 19.2 Å². The van der Waals surface area contributed by atoms with Crippen molar-refractivity contribution < 1.29 is 9.42 Å². The first-order valence-corrected chi connectivity index (χ1v) is 5.49. The predicted molar refractivity (Wildman–Crippen MR) is 62.2 cm³/mol. The normalized spacial score (nSPS) is 12.3. The zero-order valence-electron chi connectivity index (χ0n) is 9.91. The summed E-state index contributed by atoms with van der Waals surface area (Å²) in [6.45, 7) is 2.50. The van der Waals surface area contributed by atoms with E-state index >= 15 is 0 Å². The molecular weight excluding hydrogens is 236 g/mol. The molecule has 0 bridgehead atoms. The summed E-state index contributed by atoms with van der Waals surface area (Å²) in [5.74, 6) is -0.0399. The molecule has 0 fully saturated rings. The van der Waals surface area contributed by atoms with E-state index in [1.54, 1.807) is 10.9 Å². The minimum absolute atomic E-state index is 0.0431. The average Bonchev–Trinajstić information content (AvgIpc) is 2.91. The number of carbonyl (C=O) groups is 1. The van der Waals surface area contributed by atoms with Crippen LogP contribution in [-0.4, -0.2) is 32.0 Å². The second-order valence-corrected chi connectivity index (χ2v) is 3.97. The second kappa shape index (κ2) is 5.30. The molecule has 1 amide bonds. The van der Waals surface area contributed by atoms with E-state index in [1.165, 1.54) is 0 Å². The number of nitrogens with two attached hydrogens (primary N) is 1. The van der Waals surface area contributed by atoms with Gasteiger partial charge in [0.25, 0.3) is 0 Å². The Labute approximate surface area is 103 Å². The topological polar surface area (TPSA) is 112 Å². The van der Waals surface area contributed by atoms with E-state index in [4.69, 9.17) is 5.73 Å². The first kappa shape index (κ1) is 12.1. The van der Waals surface area contributed by atoms with Gasteiger partial charge in [-0.1, -0.05) is 5.16 Å². The molecule has 0 spiro atoms. The molecular formula is C10H14N6O2. The van der Waals surface area contributed by atoms with Crippen molar-refractivity contribution in [2.75, 3.05) is 5.73 Å². The summed E-state index contributed by atoms with van der Waals surface area (Å²) < 4.78 is 6.16. The van der Waals surface area contributed by atoms with Crippen molar-refractivity contribution in [1.29, 1.82) is 0 Å². The Morgan fingerprint density at radius 3 is 3.06 bits per heavy atom. The van der Waals surface area contributed by atoms with Gasteiger partial charge >= 0.3 is 0 Å². The minimum Gasteiger partial charge on any atom is -0.379 e. The molecule has 2 heterocycles. The minimum atomic E-state index is -0.183. The van der Waals surface area contributed by atoms with Crippen molar-refractivity contribution in [2.45, 2.75) is 25.9 Å². The largest absolute Gasteiger partial charge is 0.379 e. The van der Waals surface area contributed by atoms with Crippen molar-refractivity contribution in [2.24, 2.45) is 0 Å². The first-order chi connectivity index (χ1) is 8.65. The number of hydrogen-bond donors (Lipinski definition) is 2. The van der Waals surface area contributed by atoms with Gasteiger partial charge in [0.2, 0.25) is 5.91 Å². The summed E-state index contributed by atoms with van der Waals surface area (Å²) in [5, 5.41) is 13.8. The van der Waals surface area contributed by atoms with Crippen LogP contribution in [0.1, 0.15) is 12.6 Å². The average molecular weight is 250 g/mol. The van der Waals surface area contributed by atoms with Gasteiger partial charge in [0.15, 0.2) is 5.82 Å². The van der Waals surface area contributed by atoms with E-state index < -0.39 is 0 Å². The zero-order chi connectivity index (χ0) is 13.0. The highest BCUT2D eigenvalue weighted by atomic mass is 16.6. The highest BCUT2D eigenvalue weighted by Crippen LogP contribution is 2.04. The Balaban J connectivity index is 1.82. The van der Waals surface area contributed by atoms with Crippen LogP contribution >= 0.6 is 0 Å². The Kier molecular flexibility index (Phi) is 3.56. The van der Waals surface area contributed by atoms with Gasteiger partial charge in [-0.2, -0.15) is 5.10 Å². The summed E-state index contributed by atoms with van der Waals surface area (Å²) in [4.78, 5) is 11.7. The van der Waals surface area contributed by atoms with Gasteiger partial charge in [0.05, 0.1) is 13.0 Å². The molecule has 18 heavy (non-hydrogen) atoms. The number of nitrogen functional groups attached to an aromatic ring is 1. The maximum absolute atomic E-state index is 11.7. The van der Waals surface area contributed by atoms with Gasteiger partial charge in [-0.25, -0.2) is 4.63 Å². The number of amides is 1. The first-order valence-electron chi connectivity index (χ1n) is 5.49. The van der Waals surface area contributed by atoms with E-state index in [0.29, 0.717) is 12.2 Å². The summed E-state index contributed by atoms with van der Waals surface area (Å²) in [6.07, 6.45) is 3.58. The molecule has 8 heteroatoms. The van der Waals surface area contributed by atoms with Crippen molar-refractivity contribution >= 4 is 11.7 Å². The number of carbonyl (C=O) groups excluding carboxylic acids is 1. The van der Waals surface area contributed by atoms with Gasteiger partial charge < -0.3 is 11.1 Å². The molecule has 0 aliphatic rings. The van der Waals surface area contributed by atoms with Crippen LogP contribution in [0.25, 0.3) is 0 Å². The highest BCUT2D eigenvalue weighted by Gasteiger charge is 2.13. The van der Waals surface area contributed by atoms with E-state index in [-0.39, 0.29) is 24.2 Å². The number of aromatic nitrogens is 4. The molecule has 3 N–H and O–H groups in total. The molecule has 0 saturated carbocycles. The van der Waals surface area contributed by atoms with Crippen LogP contribution < -0.4 is 11.1 Å². The third-order valence-electron chi connectivity index (χ3n) is 2.34. The number of rotatable bonds is 5. The van der Waals surface area contributed by atoms with Crippen LogP contribution in [0, 0.1) is 0 Å². The van der Waals surface area contributed by atoms with Gasteiger partial charge in [-0.15, -0.1) is 0 Å². The van der Waals surface area contributed by atoms with Crippen LogP contribution in [0.4, 0.5) is 5.82 Å². The smallest absolute Gasteiger partial charge is 0.226 e. The lowest BCUT2D eigenvalue weighted by atomic mass is 10.2. The Hall–Kier alpha value is -2.38. The molecule has 0 aliphatic carbocycles. The lowest BCUT2D eigenvalue weighted by Gasteiger charge is -2.13. The van der Waals surface area contributed by atoms with Gasteiger partial charge in [-0.05, 0) is 18.1 Å². The monoisotopic (exact) mass is 250 g/mol. The molecule has 0 saturated heterocycles. The molecule has 2 aromatic heterocycles. The second-order valence-electron chi connectivity index (χ2n) is 3.97. The lowest BCUT2D eigenvalue weighted by Crippen LogP contribution is -2.36. The van der Waals surface area contributed by atoms with Crippen LogP contribution in [0.15, 0.2) is 23.1 Å². The fraction of sp³-hybridized carbons (Fsp3) is 0.400. The quantitative estimate of drug-likeness (QED) is 0.746. The third kappa shape index (κ3) is 3.06. The summed E-state index contributed by atoms with van der Waals surface area (Å²) >= 11 is 0. The van der Waals surface area contributed by atoms with Crippen molar-refractivity contribution in [3.8, 4) is 0 Å². The fourth-order valence-electron chi connectivity index (χ4n) is 1.55. The summed E-state index contributed by atoms with van der Waals surface area (Å²) in [7, 11) is 0. The molecule has 0 radical (unpaired) electrons. The Morgan fingerprint density at radius 1 is 1.61 bits per heavy atom. The van der Waals surface area contributed by atoms with Crippen LogP contribution in [0.3, 0.4) is 0 Å².